The molecular weight excluding hydrogens is 410 g/mol. The first kappa shape index (κ1) is 24.6. The molecule has 1 heterocycles. The molecule has 1 aliphatic rings. The molecule has 8 nitrogen and oxygen atoms in total. The molecule has 1 aromatic rings. The zero-order valence-corrected chi connectivity index (χ0v) is 19.4. The average molecular weight is 444 g/mol. The smallest absolute Gasteiger partial charge is 0.410 e. The van der Waals surface area contributed by atoms with Gasteiger partial charge in [-0.25, -0.2) is 4.79 Å². The van der Waals surface area contributed by atoms with E-state index >= 15 is 0 Å². The molecule has 0 saturated carbocycles. The second-order valence-corrected chi connectivity index (χ2v) is 10.6. The number of ether oxygens (including phenoxy) is 3. The zero-order chi connectivity index (χ0) is 22.6. The lowest BCUT2D eigenvalue weighted by Crippen LogP contribution is -2.44. The summed E-state index contributed by atoms with van der Waals surface area (Å²) < 4.78 is 45.4. The van der Waals surface area contributed by atoms with E-state index in [1.165, 1.54) is 0 Å². The van der Waals surface area contributed by atoms with Crippen molar-refractivity contribution in [2.45, 2.75) is 58.7 Å². The topological polar surface area (TPSA) is 91.4 Å². The molecule has 30 heavy (non-hydrogen) atoms. The Morgan fingerprint density at radius 3 is 2.40 bits per heavy atom. The maximum Gasteiger partial charge on any atom is 0.410 e. The quantitative estimate of drug-likeness (QED) is 0.570. The third kappa shape index (κ3) is 8.59. The van der Waals surface area contributed by atoms with E-state index in [0.29, 0.717) is 6.54 Å². The minimum absolute atomic E-state index is 0.128. The van der Waals surface area contributed by atoms with Gasteiger partial charge in [-0.2, -0.15) is 8.42 Å². The minimum Gasteiger partial charge on any atom is -0.444 e. The van der Waals surface area contributed by atoms with Crippen molar-refractivity contribution in [2.75, 3.05) is 26.0 Å². The van der Waals surface area contributed by atoms with Crippen LogP contribution in [0.1, 0.15) is 40.2 Å². The molecule has 0 N–H and O–H groups in total. The summed E-state index contributed by atoms with van der Waals surface area (Å²) in [5, 5.41) is 0. The Morgan fingerprint density at radius 1 is 1.27 bits per heavy atom. The third-order valence-corrected chi connectivity index (χ3v) is 4.94. The van der Waals surface area contributed by atoms with E-state index in [9.17, 15) is 13.2 Å². The average Bonchev–Trinajstić information content (AvgIpc) is 2.96. The van der Waals surface area contributed by atoms with Crippen molar-refractivity contribution in [1.82, 2.24) is 4.90 Å². The van der Waals surface area contributed by atoms with Gasteiger partial charge in [-0.1, -0.05) is 30.3 Å². The summed E-state index contributed by atoms with van der Waals surface area (Å²) in [6.07, 6.45) is 0.0756. The number of hydrogen-bond donors (Lipinski definition) is 0. The van der Waals surface area contributed by atoms with Crippen molar-refractivity contribution >= 4 is 16.2 Å². The molecule has 0 spiro atoms. The van der Waals surface area contributed by atoms with E-state index in [0.717, 1.165) is 11.8 Å². The predicted molar refractivity (Wildman–Crippen MR) is 112 cm³/mol. The highest BCUT2D eigenvalue weighted by molar-refractivity contribution is 7.85. The van der Waals surface area contributed by atoms with Crippen molar-refractivity contribution in [3.8, 4) is 0 Å². The van der Waals surface area contributed by atoms with Crippen LogP contribution in [0, 0.1) is 5.92 Å². The molecule has 0 bridgehead atoms. The molecule has 1 aliphatic heterocycles. The van der Waals surface area contributed by atoms with Gasteiger partial charge in [0.2, 0.25) is 0 Å². The van der Waals surface area contributed by atoms with Crippen LogP contribution < -0.4 is 0 Å². The molecule has 0 radical (unpaired) electrons. The van der Waals surface area contributed by atoms with Crippen molar-refractivity contribution in [3.05, 3.63) is 35.9 Å². The van der Waals surface area contributed by atoms with Crippen LogP contribution in [0.15, 0.2) is 30.3 Å². The number of hydrogen-bond acceptors (Lipinski definition) is 7. The highest BCUT2D eigenvalue weighted by Gasteiger charge is 2.39. The molecule has 1 aromatic carbocycles. The van der Waals surface area contributed by atoms with Gasteiger partial charge in [-0.15, -0.1) is 0 Å². The van der Waals surface area contributed by atoms with Gasteiger partial charge in [0.1, 0.15) is 5.60 Å². The van der Waals surface area contributed by atoms with Gasteiger partial charge in [0.15, 0.2) is 5.79 Å². The zero-order valence-electron chi connectivity index (χ0n) is 18.6. The lowest BCUT2D eigenvalue weighted by molar-refractivity contribution is -0.146. The van der Waals surface area contributed by atoms with Crippen molar-refractivity contribution in [3.63, 3.8) is 0 Å². The molecule has 170 valence electrons. The second-order valence-electron chi connectivity index (χ2n) is 8.96. The van der Waals surface area contributed by atoms with E-state index in [2.05, 4.69) is 0 Å². The molecule has 9 heteroatoms. The van der Waals surface area contributed by atoms with Crippen LogP contribution in [0.5, 0.6) is 0 Å². The third-order valence-electron chi connectivity index (χ3n) is 4.38. The predicted octanol–water partition coefficient (Wildman–Crippen LogP) is 3.17. The molecule has 2 rings (SSSR count). The van der Waals surface area contributed by atoms with Gasteiger partial charge in [-0.05, 0) is 40.2 Å². The summed E-state index contributed by atoms with van der Waals surface area (Å²) in [7, 11) is -3.65. The van der Waals surface area contributed by atoms with Crippen LogP contribution >= 0.6 is 0 Å². The van der Waals surface area contributed by atoms with Crippen LogP contribution in [0.4, 0.5) is 4.79 Å². The molecule has 2 atom stereocenters. The normalized spacial score (nSPS) is 20.0. The Morgan fingerprint density at radius 2 is 1.90 bits per heavy atom. The van der Waals surface area contributed by atoms with Gasteiger partial charge < -0.3 is 19.1 Å². The largest absolute Gasteiger partial charge is 0.444 e. The fourth-order valence-electron chi connectivity index (χ4n) is 3.05. The van der Waals surface area contributed by atoms with Crippen LogP contribution in [-0.4, -0.2) is 62.9 Å². The highest BCUT2D eigenvalue weighted by Crippen LogP contribution is 2.28. The summed E-state index contributed by atoms with van der Waals surface area (Å²) in [6, 6.07) is 9.51. The number of carbonyl (C=O) groups is 1. The standard InChI is InChI=1S/C21H33NO7S/c1-20(2,3)29-19(23)22(12-16-10-8-7-9-11-16)13-17(14-27-30(6,24)25)18-15-26-21(4,5)28-18/h7-11,17-18H,12-15H2,1-6H3. The van der Waals surface area contributed by atoms with E-state index in [4.69, 9.17) is 18.4 Å². The Bertz CT molecular complexity index is 802. The van der Waals surface area contributed by atoms with E-state index in [1.54, 1.807) is 39.5 Å². The SMILES string of the molecule is CC(C)(C)OC(=O)N(Cc1ccccc1)CC(COS(C)(=O)=O)C1COC(C)(C)O1. The number of rotatable bonds is 8. The van der Waals surface area contributed by atoms with Gasteiger partial charge in [0, 0.05) is 19.0 Å². The monoisotopic (exact) mass is 443 g/mol. The fourth-order valence-corrected chi connectivity index (χ4v) is 3.48. The first-order valence-electron chi connectivity index (χ1n) is 9.92. The summed E-state index contributed by atoms with van der Waals surface area (Å²) >= 11 is 0. The first-order chi connectivity index (χ1) is 13.7. The van der Waals surface area contributed by atoms with Crippen molar-refractivity contribution in [1.29, 1.82) is 0 Å². The lowest BCUT2D eigenvalue weighted by atomic mass is 10.0. The summed E-state index contributed by atoms with van der Waals surface area (Å²) in [6.45, 7) is 9.61. The van der Waals surface area contributed by atoms with E-state index in [-0.39, 0.29) is 19.8 Å². The maximum absolute atomic E-state index is 12.9. The van der Waals surface area contributed by atoms with Gasteiger partial charge in [-0.3, -0.25) is 4.18 Å². The number of amides is 1. The maximum atomic E-state index is 12.9. The molecule has 1 saturated heterocycles. The summed E-state index contributed by atoms with van der Waals surface area (Å²) in [4.78, 5) is 14.5. The van der Waals surface area contributed by atoms with E-state index < -0.39 is 39.6 Å². The van der Waals surface area contributed by atoms with Crippen molar-refractivity contribution < 1.29 is 31.6 Å². The Kier molecular flexibility index (Phi) is 7.90. The van der Waals surface area contributed by atoms with Crippen molar-refractivity contribution in [2.24, 2.45) is 5.92 Å². The van der Waals surface area contributed by atoms with E-state index in [1.807, 2.05) is 30.3 Å². The summed E-state index contributed by atoms with van der Waals surface area (Å²) in [5.74, 6) is -1.22. The second kappa shape index (κ2) is 9.64. The number of nitrogens with zero attached hydrogens (tertiary/aromatic N) is 1. The Labute approximate surface area is 179 Å². The molecular formula is C21H33NO7S. The highest BCUT2D eigenvalue weighted by atomic mass is 32.2. The van der Waals surface area contributed by atoms with Crippen LogP contribution in [0.2, 0.25) is 0 Å². The lowest BCUT2D eigenvalue weighted by Gasteiger charge is -2.32. The number of carbonyl (C=O) groups excluding carboxylic acids is 1. The van der Waals surface area contributed by atoms with Crippen LogP contribution in [0.25, 0.3) is 0 Å². The molecule has 0 aromatic heterocycles. The summed E-state index contributed by atoms with van der Waals surface area (Å²) in [5.41, 5.74) is 0.259. The molecule has 0 aliphatic carbocycles. The first-order valence-corrected chi connectivity index (χ1v) is 11.7. The van der Waals surface area contributed by atoms with Gasteiger partial charge in [0.25, 0.3) is 10.1 Å². The van der Waals surface area contributed by atoms with Crippen LogP contribution in [0.3, 0.4) is 0 Å². The van der Waals surface area contributed by atoms with Gasteiger partial charge in [0.05, 0.1) is 25.6 Å². The molecule has 1 amide bonds. The van der Waals surface area contributed by atoms with Crippen LogP contribution in [-0.2, 0) is 35.1 Å². The molecule has 2 unspecified atom stereocenters. The van der Waals surface area contributed by atoms with Gasteiger partial charge >= 0.3 is 6.09 Å². The fraction of sp³-hybridized carbons (Fsp3) is 0.667. The molecule has 1 fully saturated rings. The minimum atomic E-state index is -3.65. The Hall–Kier alpha value is -1.68. The Balaban J connectivity index is 2.23. The number of benzene rings is 1.